The van der Waals surface area contributed by atoms with E-state index in [4.69, 9.17) is 17.3 Å². The van der Waals surface area contributed by atoms with Crippen molar-refractivity contribution in [1.82, 2.24) is 5.32 Å². The zero-order chi connectivity index (χ0) is 19.3. The molecule has 2 aromatic rings. The number of nitrogens with two attached hydrogens (primary N) is 1. The topological polar surface area (TPSA) is 113 Å². The number of hydrogen-bond acceptors (Lipinski definition) is 4. The van der Waals surface area contributed by atoms with E-state index in [0.29, 0.717) is 11.4 Å². The maximum absolute atomic E-state index is 13.3. The molecule has 2 aromatic carbocycles. The van der Waals surface area contributed by atoms with Gasteiger partial charge in [-0.2, -0.15) is 0 Å². The standard InChI is InChI=1S/C17H16ClFN4O3/c1-9(15(24)23-14-5-3-2-4-13(14)20)21-16(25)17(26)22-10-6-7-11(18)12(19)8-10/h2-9H,20H2,1H3,(H,21,25)(H,22,26)(H,23,24)/t9-/m0/s1. The van der Waals surface area contributed by atoms with E-state index in [1.54, 1.807) is 24.3 Å². The predicted molar refractivity (Wildman–Crippen MR) is 97.1 cm³/mol. The monoisotopic (exact) mass is 378 g/mol. The lowest BCUT2D eigenvalue weighted by molar-refractivity contribution is -0.137. The summed E-state index contributed by atoms with van der Waals surface area (Å²) < 4.78 is 13.3. The first-order chi connectivity index (χ1) is 12.3. The molecule has 0 bridgehead atoms. The molecule has 5 N–H and O–H groups in total. The van der Waals surface area contributed by atoms with Crippen LogP contribution in [0.15, 0.2) is 42.5 Å². The van der Waals surface area contributed by atoms with Crippen molar-refractivity contribution >= 4 is 46.4 Å². The first-order valence-electron chi connectivity index (χ1n) is 7.50. The van der Waals surface area contributed by atoms with Crippen LogP contribution in [-0.4, -0.2) is 23.8 Å². The number of carbonyl (C=O) groups is 3. The minimum Gasteiger partial charge on any atom is -0.397 e. The Kier molecular flexibility index (Phi) is 6.13. The molecule has 1 atom stereocenters. The SMILES string of the molecule is C[C@H](NC(=O)C(=O)Nc1ccc(Cl)c(F)c1)C(=O)Nc1ccccc1N. The van der Waals surface area contributed by atoms with E-state index in [9.17, 15) is 18.8 Å². The summed E-state index contributed by atoms with van der Waals surface area (Å²) in [5, 5.41) is 6.88. The van der Waals surface area contributed by atoms with Gasteiger partial charge in [-0.25, -0.2) is 4.39 Å². The van der Waals surface area contributed by atoms with Crippen LogP contribution in [-0.2, 0) is 14.4 Å². The van der Waals surface area contributed by atoms with Crippen LogP contribution in [0.25, 0.3) is 0 Å². The molecular formula is C17H16ClFN4O3. The molecule has 0 aromatic heterocycles. The van der Waals surface area contributed by atoms with Crippen molar-refractivity contribution in [3.63, 3.8) is 0 Å². The van der Waals surface area contributed by atoms with Gasteiger partial charge in [0.05, 0.1) is 16.4 Å². The van der Waals surface area contributed by atoms with E-state index >= 15 is 0 Å². The highest BCUT2D eigenvalue weighted by molar-refractivity contribution is 6.40. The van der Waals surface area contributed by atoms with Gasteiger partial charge in [0, 0.05) is 5.69 Å². The Bertz CT molecular complexity index is 860. The molecular weight excluding hydrogens is 363 g/mol. The quantitative estimate of drug-likeness (QED) is 0.482. The number of halogens is 2. The highest BCUT2D eigenvalue weighted by Crippen LogP contribution is 2.19. The molecule has 0 heterocycles. The summed E-state index contributed by atoms with van der Waals surface area (Å²) in [4.78, 5) is 35.8. The van der Waals surface area contributed by atoms with Crippen LogP contribution < -0.4 is 21.7 Å². The fourth-order valence-electron chi connectivity index (χ4n) is 1.94. The number of benzene rings is 2. The molecule has 0 saturated heterocycles. The summed E-state index contributed by atoms with van der Waals surface area (Å²) >= 11 is 5.54. The summed E-state index contributed by atoms with van der Waals surface area (Å²) in [5.41, 5.74) is 6.53. The maximum Gasteiger partial charge on any atom is 0.313 e. The predicted octanol–water partition coefficient (Wildman–Crippen LogP) is 2.14. The van der Waals surface area contributed by atoms with Gasteiger partial charge in [-0.15, -0.1) is 0 Å². The summed E-state index contributed by atoms with van der Waals surface area (Å²) in [6, 6.07) is 9.15. The lowest BCUT2D eigenvalue weighted by Gasteiger charge is -2.15. The van der Waals surface area contributed by atoms with Crippen LogP contribution in [0, 0.1) is 5.82 Å². The molecule has 3 amide bonds. The Hall–Kier alpha value is -3.13. The molecule has 9 heteroatoms. The Morgan fingerprint density at radius 3 is 2.42 bits per heavy atom. The molecule has 0 fully saturated rings. The molecule has 0 aliphatic heterocycles. The van der Waals surface area contributed by atoms with E-state index in [1.165, 1.54) is 19.1 Å². The first kappa shape index (κ1) is 19.2. The molecule has 0 aliphatic carbocycles. The van der Waals surface area contributed by atoms with Gasteiger partial charge in [-0.05, 0) is 37.3 Å². The largest absolute Gasteiger partial charge is 0.397 e. The lowest BCUT2D eigenvalue weighted by atomic mass is 10.2. The van der Waals surface area contributed by atoms with Gasteiger partial charge in [0.25, 0.3) is 0 Å². The second-order valence-corrected chi connectivity index (χ2v) is 5.76. The third kappa shape index (κ3) is 4.93. The third-order valence-electron chi connectivity index (χ3n) is 3.34. The molecule has 0 radical (unpaired) electrons. The van der Waals surface area contributed by atoms with Gasteiger partial charge in [-0.3, -0.25) is 14.4 Å². The van der Waals surface area contributed by atoms with Gasteiger partial charge in [-0.1, -0.05) is 23.7 Å². The van der Waals surface area contributed by atoms with Gasteiger partial charge in [0.15, 0.2) is 0 Å². The highest BCUT2D eigenvalue weighted by atomic mass is 35.5. The lowest BCUT2D eigenvalue weighted by Crippen LogP contribution is -2.46. The van der Waals surface area contributed by atoms with Gasteiger partial charge < -0.3 is 21.7 Å². The number of hydrogen-bond donors (Lipinski definition) is 4. The molecule has 26 heavy (non-hydrogen) atoms. The molecule has 0 spiro atoms. The number of nitrogen functional groups attached to an aromatic ring is 1. The van der Waals surface area contributed by atoms with Gasteiger partial charge in [0.1, 0.15) is 11.9 Å². The third-order valence-corrected chi connectivity index (χ3v) is 3.65. The van der Waals surface area contributed by atoms with E-state index in [1.807, 2.05) is 0 Å². The second kappa shape index (κ2) is 8.30. The fraction of sp³-hybridized carbons (Fsp3) is 0.118. The fourth-order valence-corrected chi connectivity index (χ4v) is 2.06. The van der Waals surface area contributed by atoms with Crippen LogP contribution in [0.1, 0.15) is 6.92 Å². The number of carbonyl (C=O) groups excluding carboxylic acids is 3. The average molecular weight is 379 g/mol. The van der Waals surface area contributed by atoms with Crippen LogP contribution >= 0.6 is 11.6 Å². The molecule has 0 unspecified atom stereocenters. The van der Waals surface area contributed by atoms with E-state index in [0.717, 1.165) is 6.07 Å². The maximum atomic E-state index is 13.3. The van der Waals surface area contributed by atoms with E-state index in [-0.39, 0.29) is 10.7 Å². The number of nitrogens with one attached hydrogen (secondary N) is 3. The van der Waals surface area contributed by atoms with Crippen molar-refractivity contribution in [3.8, 4) is 0 Å². The van der Waals surface area contributed by atoms with E-state index in [2.05, 4.69) is 16.0 Å². The summed E-state index contributed by atoms with van der Waals surface area (Å²) in [7, 11) is 0. The van der Waals surface area contributed by atoms with Crippen molar-refractivity contribution in [2.45, 2.75) is 13.0 Å². The Balaban J connectivity index is 1.92. The van der Waals surface area contributed by atoms with E-state index < -0.39 is 29.6 Å². The second-order valence-electron chi connectivity index (χ2n) is 5.35. The van der Waals surface area contributed by atoms with Crippen molar-refractivity contribution in [2.75, 3.05) is 16.4 Å². The first-order valence-corrected chi connectivity index (χ1v) is 7.88. The number of para-hydroxylation sites is 2. The zero-order valence-corrected chi connectivity index (χ0v) is 14.4. The normalized spacial score (nSPS) is 11.3. The van der Waals surface area contributed by atoms with Gasteiger partial charge >= 0.3 is 11.8 Å². The van der Waals surface area contributed by atoms with Crippen molar-refractivity contribution < 1.29 is 18.8 Å². The smallest absolute Gasteiger partial charge is 0.313 e. The van der Waals surface area contributed by atoms with Crippen molar-refractivity contribution in [1.29, 1.82) is 0 Å². The molecule has 7 nitrogen and oxygen atoms in total. The Morgan fingerprint density at radius 2 is 1.77 bits per heavy atom. The molecule has 136 valence electrons. The number of amides is 3. The van der Waals surface area contributed by atoms with Gasteiger partial charge in [0.2, 0.25) is 5.91 Å². The minimum atomic E-state index is -1.05. The van der Waals surface area contributed by atoms with Crippen LogP contribution in [0.4, 0.5) is 21.5 Å². The average Bonchev–Trinajstić information content (AvgIpc) is 2.60. The minimum absolute atomic E-state index is 0.0567. The summed E-state index contributed by atoms with van der Waals surface area (Å²) in [6.45, 7) is 1.40. The van der Waals surface area contributed by atoms with Crippen LogP contribution in [0.3, 0.4) is 0 Å². The Labute approximate surface area is 153 Å². The Morgan fingerprint density at radius 1 is 1.08 bits per heavy atom. The zero-order valence-electron chi connectivity index (χ0n) is 13.7. The highest BCUT2D eigenvalue weighted by Gasteiger charge is 2.21. The summed E-state index contributed by atoms with van der Waals surface area (Å²) in [5.74, 6) is -3.39. The number of anilines is 3. The summed E-state index contributed by atoms with van der Waals surface area (Å²) in [6.07, 6.45) is 0. The van der Waals surface area contributed by atoms with Crippen molar-refractivity contribution in [2.24, 2.45) is 0 Å². The van der Waals surface area contributed by atoms with Crippen LogP contribution in [0.5, 0.6) is 0 Å². The molecule has 0 aliphatic rings. The van der Waals surface area contributed by atoms with Crippen molar-refractivity contribution in [3.05, 3.63) is 53.3 Å². The number of rotatable bonds is 4. The molecule has 0 saturated carbocycles. The van der Waals surface area contributed by atoms with Crippen LogP contribution in [0.2, 0.25) is 5.02 Å². The molecule has 2 rings (SSSR count).